The zero-order chi connectivity index (χ0) is 20.6. The lowest BCUT2D eigenvalue weighted by atomic mass is 10.2. The number of carbonyl (C=O) groups is 2. The Labute approximate surface area is 177 Å². The second-order valence-electron chi connectivity index (χ2n) is 6.36. The van der Waals surface area contributed by atoms with Gasteiger partial charge in [0.1, 0.15) is 5.82 Å². The Bertz CT molecular complexity index is 989. The standard InChI is InChI=1S/C22H21FN2O2S2/c1-15-13-19(25-21(26)16-7-5-8-17(23)14-16)29-20(15)22(27)24-11-6-12-28-18-9-3-2-4-10-18/h2-5,7-10,13-14H,6,11-12H2,1H3,(H,24,27)(H,25,26). The van der Waals surface area contributed by atoms with Gasteiger partial charge in [0.05, 0.1) is 9.88 Å². The number of carbonyl (C=O) groups excluding carboxylic acids is 2. The van der Waals surface area contributed by atoms with Crippen molar-refractivity contribution in [3.8, 4) is 0 Å². The molecule has 0 radical (unpaired) electrons. The third kappa shape index (κ3) is 6.17. The number of rotatable bonds is 8. The Balaban J connectivity index is 1.48. The van der Waals surface area contributed by atoms with E-state index in [9.17, 15) is 14.0 Å². The molecule has 3 rings (SSSR count). The lowest BCUT2D eigenvalue weighted by molar-refractivity contribution is 0.0956. The minimum atomic E-state index is -0.467. The summed E-state index contributed by atoms with van der Waals surface area (Å²) in [4.78, 5) is 26.5. The molecule has 0 bridgehead atoms. The fraction of sp³-hybridized carbons (Fsp3) is 0.182. The van der Waals surface area contributed by atoms with E-state index in [0.717, 1.165) is 17.7 Å². The van der Waals surface area contributed by atoms with Crippen LogP contribution in [0.5, 0.6) is 0 Å². The van der Waals surface area contributed by atoms with Crippen LogP contribution in [0.3, 0.4) is 0 Å². The molecular weight excluding hydrogens is 407 g/mol. The maximum atomic E-state index is 13.3. The van der Waals surface area contributed by atoms with Crippen LogP contribution >= 0.6 is 23.1 Å². The fourth-order valence-electron chi connectivity index (χ4n) is 2.64. The first-order valence-corrected chi connectivity index (χ1v) is 11.0. The summed E-state index contributed by atoms with van der Waals surface area (Å²) < 4.78 is 13.3. The average Bonchev–Trinajstić information content (AvgIpc) is 3.08. The van der Waals surface area contributed by atoms with Gasteiger partial charge in [-0.3, -0.25) is 9.59 Å². The molecule has 150 valence electrons. The van der Waals surface area contributed by atoms with Crippen molar-refractivity contribution in [2.24, 2.45) is 0 Å². The number of hydrogen-bond acceptors (Lipinski definition) is 4. The van der Waals surface area contributed by atoms with Crippen LogP contribution in [0.4, 0.5) is 9.39 Å². The lowest BCUT2D eigenvalue weighted by Gasteiger charge is -2.05. The van der Waals surface area contributed by atoms with Gasteiger partial charge in [-0.05, 0) is 61.1 Å². The van der Waals surface area contributed by atoms with Crippen molar-refractivity contribution in [3.63, 3.8) is 0 Å². The molecule has 3 aromatic rings. The molecule has 4 nitrogen and oxygen atoms in total. The SMILES string of the molecule is Cc1cc(NC(=O)c2cccc(F)c2)sc1C(=O)NCCCSc1ccccc1. The van der Waals surface area contributed by atoms with E-state index < -0.39 is 11.7 Å². The molecule has 0 aliphatic carbocycles. The van der Waals surface area contributed by atoms with Crippen LogP contribution in [-0.2, 0) is 0 Å². The number of benzene rings is 2. The second kappa shape index (κ2) is 10.2. The highest BCUT2D eigenvalue weighted by molar-refractivity contribution is 7.99. The van der Waals surface area contributed by atoms with Crippen LogP contribution in [0.1, 0.15) is 32.0 Å². The molecule has 2 aromatic carbocycles. The molecule has 0 spiro atoms. The summed E-state index contributed by atoms with van der Waals surface area (Å²) in [6.07, 6.45) is 0.860. The van der Waals surface area contributed by atoms with Crippen LogP contribution in [0, 0.1) is 12.7 Å². The van der Waals surface area contributed by atoms with Gasteiger partial charge < -0.3 is 10.6 Å². The molecule has 0 saturated heterocycles. The monoisotopic (exact) mass is 428 g/mol. The molecule has 2 amide bonds. The lowest BCUT2D eigenvalue weighted by Crippen LogP contribution is -2.24. The maximum absolute atomic E-state index is 13.3. The summed E-state index contributed by atoms with van der Waals surface area (Å²) in [6.45, 7) is 2.41. The molecule has 7 heteroatoms. The molecule has 0 aliphatic heterocycles. The van der Waals surface area contributed by atoms with Crippen molar-refractivity contribution in [2.45, 2.75) is 18.2 Å². The Morgan fingerprint density at radius 1 is 1.03 bits per heavy atom. The van der Waals surface area contributed by atoms with Gasteiger partial charge in [-0.25, -0.2) is 4.39 Å². The van der Waals surface area contributed by atoms with E-state index in [0.29, 0.717) is 16.4 Å². The van der Waals surface area contributed by atoms with Gasteiger partial charge in [0, 0.05) is 17.0 Å². The second-order valence-corrected chi connectivity index (χ2v) is 8.58. The molecule has 1 heterocycles. The van der Waals surface area contributed by atoms with Crippen molar-refractivity contribution < 1.29 is 14.0 Å². The molecule has 0 atom stereocenters. The number of halogens is 1. The highest BCUT2D eigenvalue weighted by Gasteiger charge is 2.15. The molecule has 0 saturated carbocycles. The van der Waals surface area contributed by atoms with Gasteiger partial charge in [0.15, 0.2) is 0 Å². The summed E-state index contributed by atoms with van der Waals surface area (Å²) in [5, 5.41) is 6.21. The number of aryl methyl sites for hydroxylation is 1. The zero-order valence-electron chi connectivity index (χ0n) is 15.9. The minimum absolute atomic E-state index is 0.150. The third-order valence-electron chi connectivity index (χ3n) is 4.07. The van der Waals surface area contributed by atoms with E-state index in [1.54, 1.807) is 23.9 Å². The number of anilines is 1. The first-order chi connectivity index (χ1) is 14.0. The van der Waals surface area contributed by atoms with Crippen LogP contribution < -0.4 is 10.6 Å². The van der Waals surface area contributed by atoms with E-state index in [2.05, 4.69) is 22.8 Å². The number of amides is 2. The minimum Gasteiger partial charge on any atom is -0.351 e. The van der Waals surface area contributed by atoms with Gasteiger partial charge in [-0.2, -0.15) is 0 Å². The zero-order valence-corrected chi connectivity index (χ0v) is 17.5. The van der Waals surface area contributed by atoms with E-state index in [-0.39, 0.29) is 11.5 Å². The quantitative estimate of drug-likeness (QED) is 0.375. The largest absolute Gasteiger partial charge is 0.351 e. The first-order valence-electron chi connectivity index (χ1n) is 9.16. The summed E-state index contributed by atoms with van der Waals surface area (Å²) in [7, 11) is 0. The van der Waals surface area contributed by atoms with Crippen LogP contribution in [-0.4, -0.2) is 24.1 Å². The van der Waals surface area contributed by atoms with Crippen molar-refractivity contribution in [3.05, 3.63) is 82.5 Å². The molecule has 1 aromatic heterocycles. The first kappa shape index (κ1) is 21.1. The fourth-order valence-corrected chi connectivity index (χ4v) is 4.50. The highest BCUT2D eigenvalue weighted by Crippen LogP contribution is 2.27. The number of thioether (sulfide) groups is 1. The van der Waals surface area contributed by atoms with E-state index in [1.807, 2.05) is 25.1 Å². The Morgan fingerprint density at radius 3 is 2.59 bits per heavy atom. The number of hydrogen-bond donors (Lipinski definition) is 2. The summed E-state index contributed by atoms with van der Waals surface area (Å²) >= 11 is 2.97. The van der Waals surface area contributed by atoms with Crippen molar-refractivity contribution in [1.29, 1.82) is 0 Å². The topological polar surface area (TPSA) is 58.2 Å². The molecule has 0 unspecified atom stereocenters. The Kier molecular flexibility index (Phi) is 7.43. The Hall–Kier alpha value is -2.64. The van der Waals surface area contributed by atoms with E-state index >= 15 is 0 Å². The summed E-state index contributed by atoms with van der Waals surface area (Å²) in [6, 6.07) is 17.4. The smallest absolute Gasteiger partial charge is 0.261 e. The van der Waals surface area contributed by atoms with Crippen LogP contribution in [0.25, 0.3) is 0 Å². The average molecular weight is 429 g/mol. The van der Waals surface area contributed by atoms with Gasteiger partial charge in [0.2, 0.25) is 0 Å². The molecule has 0 aliphatic rings. The molecule has 0 fully saturated rings. The van der Waals surface area contributed by atoms with Crippen molar-refractivity contribution in [1.82, 2.24) is 5.32 Å². The normalized spacial score (nSPS) is 10.6. The molecule has 2 N–H and O–H groups in total. The van der Waals surface area contributed by atoms with Gasteiger partial charge in [0.25, 0.3) is 11.8 Å². The van der Waals surface area contributed by atoms with Gasteiger partial charge >= 0.3 is 0 Å². The molecular formula is C22H21FN2O2S2. The third-order valence-corrected chi connectivity index (χ3v) is 6.32. The van der Waals surface area contributed by atoms with Gasteiger partial charge in [-0.15, -0.1) is 23.1 Å². The van der Waals surface area contributed by atoms with Crippen molar-refractivity contribution in [2.75, 3.05) is 17.6 Å². The van der Waals surface area contributed by atoms with Crippen LogP contribution in [0.2, 0.25) is 0 Å². The Morgan fingerprint density at radius 2 is 1.83 bits per heavy atom. The maximum Gasteiger partial charge on any atom is 0.261 e. The highest BCUT2D eigenvalue weighted by atomic mass is 32.2. The van der Waals surface area contributed by atoms with E-state index in [1.165, 1.54) is 34.4 Å². The number of nitrogens with one attached hydrogen (secondary N) is 2. The summed E-state index contributed by atoms with van der Waals surface area (Å²) in [5.74, 6) is -0.104. The molecule has 29 heavy (non-hydrogen) atoms. The van der Waals surface area contributed by atoms with Crippen molar-refractivity contribution >= 4 is 39.9 Å². The van der Waals surface area contributed by atoms with E-state index in [4.69, 9.17) is 0 Å². The van der Waals surface area contributed by atoms with Gasteiger partial charge in [-0.1, -0.05) is 24.3 Å². The summed E-state index contributed by atoms with van der Waals surface area (Å²) in [5.41, 5.74) is 1.03. The number of thiophene rings is 1. The van der Waals surface area contributed by atoms with Crippen LogP contribution in [0.15, 0.2) is 65.6 Å². The predicted molar refractivity (Wildman–Crippen MR) is 118 cm³/mol. The predicted octanol–water partition coefficient (Wildman–Crippen LogP) is 5.36.